The number of sulfonamides is 1. The average molecular weight is 547 g/mol. The highest BCUT2D eigenvalue weighted by Crippen LogP contribution is 2.45. The van der Waals surface area contributed by atoms with Crippen molar-refractivity contribution in [3.63, 3.8) is 0 Å². The third kappa shape index (κ3) is 5.81. The molecule has 0 bridgehead atoms. The lowest BCUT2D eigenvalue weighted by molar-refractivity contribution is 0.242. The number of anilines is 1. The first-order valence-electron chi connectivity index (χ1n) is 12.1. The molecule has 1 aromatic heterocycles. The van der Waals surface area contributed by atoms with Gasteiger partial charge in [-0.2, -0.15) is 14.1 Å². The summed E-state index contributed by atoms with van der Waals surface area (Å²) in [5, 5.41) is 4.86. The van der Waals surface area contributed by atoms with E-state index in [0.717, 1.165) is 12.8 Å². The number of nitrogens with zero attached hydrogens (tertiary/aromatic N) is 4. The molecule has 1 aliphatic heterocycles. The summed E-state index contributed by atoms with van der Waals surface area (Å²) in [4.78, 5) is 15.4. The third-order valence-corrected chi connectivity index (χ3v) is 8.93. The minimum Gasteiger partial charge on any atom is -0.486 e. The molecule has 2 heterocycles. The lowest BCUT2D eigenvalue weighted by Crippen LogP contribution is -2.49. The number of rotatable bonds is 8. The summed E-state index contributed by atoms with van der Waals surface area (Å²) in [6.45, 7) is 3.71. The molecule has 5 rings (SSSR count). The van der Waals surface area contributed by atoms with E-state index in [1.54, 1.807) is 36.5 Å². The van der Waals surface area contributed by atoms with Crippen LogP contribution in [0.4, 0.5) is 10.1 Å². The molecule has 0 N–H and O–H groups in total. The van der Waals surface area contributed by atoms with Crippen LogP contribution in [0.15, 0.2) is 59.5 Å². The Morgan fingerprint density at radius 1 is 1.08 bits per heavy atom. The molecule has 0 spiro atoms. The molecular weight excluding hydrogens is 519 g/mol. The van der Waals surface area contributed by atoms with E-state index in [1.165, 1.54) is 27.2 Å². The van der Waals surface area contributed by atoms with Crippen molar-refractivity contribution in [1.82, 2.24) is 14.1 Å². The molecule has 2 fully saturated rings. The van der Waals surface area contributed by atoms with Gasteiger partial charge in [-0.15, -0.1) is 0 Å². The summed E-state index contributed by atoms with van der Waals surface area (Å²) in [5.74, 6) is -0.543. The van der Waals surface area contributed by atoms with Crippen molar-refractivity contribution in [2.45, 2.75) is 25.5 Å². The number of aromatic nitrogens is 2. The fourth-order valence-electron chi connectivity index (χ4n) is 4.32. The summed E-state index contributed by atoms with van der Waals surface area (Å²) in [6, 6.07) is 12.5. The van der Waals surface area contributed by atoms with Gasteiger partial charge >= 0.3 is 5.56 Å². The average Bonchev–Trinajstić information content (AvgIpc) is 3.60. The molecule has 1 saturated heterocycles. The van der Waals surface area contributed by atoms with Gasteiger partial charge in [0.2, 0.25) is 15.8 Å². The summed E-state index contributed by atoms with van der Waals surface area (Å²) in [6.07, 6.45) is 3.67. The number of piperazine rings is 1. The van der Waals surface area contributed by atoms with Crippen LogP contribution in [0.25, 0.3) is 5.69 Å². The van der Waals surface area contributed by atoms with Gasteiger partial charge in [-0.1, -0.05) is 36.7 Å². The van der Waals surface area contributed by atoms with Gasteiger partial charge in [0.05, 0.1) is 24.2 Å². The van der Waals surface area contributed by atoms with Crippen molar-refractivity contribution < 1.29 is 17.5 Å². The largest absolute Gasteiger partial charge is 0.486 e. The molecular formula is C26H28ClFN4O4S. The van der Waals surface area contributed by atoms with Gasteiger partial charge in [0, 0.05) is 36.6 Å². The molecule has 1 aliphatic carbocycles. The SMILES string of the molecule is CC1(COc2c(N3CCN(S(=O)(=O)Cc4cccc(F)c4)CC3)cnn(-c3cccc(Cl)c3)c2=O)CC1. The van der Waals surface area contributed by atoms with Crippen LogP contribution < -0.4 is 15.2 Å². The fourth-order valence-corrected chi connectivity index (χ4v) is 6.01. The minimum absolute atomic E-state index is 0.0531. The van der Waals surface area contributed by atoms with E-state index < -0.39 is 21.4 Å². The predicted molar refractivity (Wildman–Crippen MR) is 140 cm³/mol. The molecule has 0 radical (unpaired) electrons. The molecule has 2 aromatic carbocycles. The van der Waals surface area contributed by atoms with Gasteiger partial charge in [-0.05, 0) is 48.7 Å². The monoisotopic (exact) mass is 546 g/mol. The van der Waals surface area contributed by atoms with Crippen LogP contribution in [0, 0.1) is 11.2 Å². The molecule has 196 valence electrons. The normalized spacial score (nSPS) is 17.5. The van der Waals surface area contributed by atoms with Gasteiger partial charge in [0.15, 0.2) is 0 Å². The second-order valence-electron chi connectivity index (χ2n) is 9.93. The molecule has 3 aromatic rings. The van der Waals surface area contributed by atoms with Gasteiger partial charge < -0.3 is 9.64 Å². The van der Waals surface area contributed by atoms with Crippen molar-refractivity contribution in [1.29, 1.82) is 0 Å². The van der Waals surface area contributed by atoms with Crippen LogP contribution in [0.2, 0.25) is 5.02 Å². The van der Waals surface area contributed by atoms with E-state index in [2.05, 4.69) is 12.0 Å². The molecule has 37 heavy (non-hydrogen) atoms. The Bertz CT molecular complexity index is 1470. The predicted octanol–water partition coefficient (Wildman–Crippen LogP) is 3.86. The summed E-state index contributed by atoms with van der Waals surface area (Å²) in [7, 11) is -3.63. The van der Waals surface area contributed by atoms with Crippen LogP contribution in [0.1, 0.15) is 25.3 Å². The molecule has 8 nitrogen and oxygen atoms in total. The van der Waals surface area contributed by atoms with Crippen LogP contribution >= 0.6 is 11.6 Å². The smallest absolute Gasteiger partial charge is 0.316 e. The molecule has 0 amide bonds. The third-order valence-electron chi connectivity index (χ3n) is 6.85. The standard InChI is InChI=1S/C26H28ClFN4O4S/c1-26(8-9-26)18-36-24-23(16-29-32(25(24)33)22-7-3-5-20(27)15-22)30-10-12-31(13-11-30)37(34,35)17-19-4-2-6-21(28)14-19/h2-7,14-16H,8-13,17-18H2,1H3. The lowest BCUT2D eigenvalue weighted by atomic mass is 10.2. The summed E-state index contributed by atoms with van der Waals surface area (Å²) >= 11 is 6.12. The highest BCUT2D eigenvalue weighted by atomic mass is 35.5. The van der Waals surface area contributed by atoms with Crippen molar-refractivity contribution >= 4 is 27.3 Å². The topological polar surface area (TPSA) is 84.7 Å². The van der Waals surface area contributed by atoms with Gasteiger partial charge in [0.25, 0.3) is 0 Å². The zero-order valence-corrected chi connectivity index (χ0v) is 22.0. The van der Waals surface area contributed by atoms with E-state index in [0.29, 0.717) is 41.7 Å². The highest BCUT2D eigenvalue weighted by Gasteiger charge is 2.39. The van der Waals surface area contributed by atoms with Crippen LogP contribution in [0.3, 0.4) is 0 Å². The van der Waals surface area contributed by atoms with E-state index in [1.807, 2.05) is 4.90 Å². The fraction of sp³-hybridized carbons (Fsp3) is 0.385. The molecule has 0 unspecified atom stereocenters. The maximum atomic E-state index is 13.5. The minimum atomic E-state index is -3.63. The van der Waals surface area contributed by atoms with Crippen molar-refractivity contribution in [3.05, 3.63) is 81.5 Å². The van der Waals surface area contributed by atoms with E-state index in [9.17, 15) is 17.6 Å². The van der Waals surface area contributed by atoms with E-state index >= 15 is 0 Å². The first-order valence-corrected chi connectivity index (χ1v) is 14.1. The first-order chi connectivity index (χ1) is 17.6. The molecule has 2 aliphatic rings. The first kappa shape index (κ1) is 25.7. The maximum absolute atomic E-state index is 13.5. The second-order valence-corrected chi connectivity index (χ2v) is 12.3. The number of halogens is 2. The Morgan fingerprint density at radius 2 is 1.81 bits per heavy atom. The number of hydrogen-bond donors (Lipinski definition) is 0. The van der Waals surface area contributed by atoms with Crippen molar-refractivity contribution in [3.8, 4) is 11.4 Å². The molecule has 1 saturated carbocycles. The maximum Gasteiger partial charge on any atom is 0.316 e. The van der Waals surface area contributed by atoms with Gasteiger partial charge in [0.1, 0.15) is 11.5 Å². The number of ether oxygens (including phenoxy) is 1. The van der Waals surface area contributed by atoms with Crippen molar-refractivity contribution in [2.75, 3.05) is 37.7 Å². The van der Waals surface area contributed by atoms with Gasteiger partial charge in [-0.25, -0.2) is 12.8 Å². The quantitative estimate of drug-likeness (QED) is 0.427. The Balaban J connectivity index is 1.37. The van der Waals surface area contributed by atoms with Gasteiger partial charge in [-0.3, -0.25) is 4.79 Å². The lowest BCUT2D eigenvalue weighted by Gasteiger charge is -2.35. The Hall–Kier alpha value is -2.95. The van der Waals surface area contributed by atoms with Crippen LogP contribution in [0.5, 0.6) is 5.75 Å². The highest BCUT2D eigenvalue weighted by molar-refractivity contribution is 7.88. The Labute approximate surface area is 220 Å². The second kappa shape index (κ2) is 10.1. The van der Waals surface area contributed by atoms with Crippen molar-refractivity contribution in [2.24, 2.45) is 5.41 Å². The zero-order chi connectivity index (χ0) is 26.2. The Morgan fingerprint density at radius 3 is 2.49 bits per heavy atom. The van der Waals surface area contributed by atoms with Crippen LogP contribution in [-0.2, 0) is 15.8 Å². The Kier molecular flexibility index (Phi) is 6.99. The molecule has 0 atom stereocenters. The molecule has 11 heteroatoms. The number of hydrogen-bond acceptors (Lipinski definition) is 6. The van der Waals surface area contributed by atoms with E-state index in [4.69, 9.17) is 16.3 Å². The van der Waals surface area contributed by atoms with Crippen LogP contribution in [-0.4, -0.2) is 55.3 Å². The summed E-state index contributed by atoms with van der Waals surface area (Å²) in [5.41, 5.74) is 1.12. The summed E-state index contributed by atoms with van der Waals surface area (Å²) < 4.78 is 48.2. The number of benzene rings is 2. The van der Waals surface area contributed by atoms with E-state index in [-0.39, 0.29) is 30.0 Å². The zero-order valence-electron chi connectivity index (χ0n) is 20.4.